The molecule has 0 heterocycles. The van der Waals surface area contributed by atoms with E-state index >= 15 is 0 Å². The number of rotatable bonds is 3. The lowest BCUT2D eigenvalue weighted by Crippen LogP contribution is -2.28. The minimum atomic E-state index is -0.467. The normalized spacial score (nSPS) is 11.1. The fourth-order valence-corrected chi connectivity index (χ4v) is 1.31. The molecule has 1 amide bonds. The summed E-state index contributed by atoms with van der Waals surface area (Å²) >= 11 is 5.60. The van der Waals surface area contributed by atoms with Crippen LogP contribution in [0.4, 0.5) is 4.39 Å². The molecule has 0 aromatic heterocycles. The van der Waals surface area contributed by atoms with Gasteiger partial charge in [0.15, 0.2) is 0 Å². The Kier molecular flexibility index (Phi) is 4.50. The second-order valence-electron chi connectivity index (χ2n) is 3.67. The van der Waals surface area contributed by atoms with Gasteiger partial charge in [0.2, 0.25) is 5.91 Å². The summed E-state index contributed by atoms with van der Waals surface area (Å²) in [5, 5.41) is 2.75. The second-order valence-corrected chi connectivity index (χ2v) is 4.08. The van der Waals surface area contributed by atoms with Gasteiger partial charge in [-0.05, 0) is 37.6 Å². The summed E-state index contributed by atoms with van der Waals surface area (Å²) in [6.07, 6.45) is 2.98. The van der Waals surface area contributed by atoms with E-state index in [0.717, 1.165) is 0 Å². The molecule has 0 aliphatic rings. The molecule has 16 heavy (non-hydrogen) atoms. The van der Waals surface area contributed by atoms with Crippen LogP contribution in [0.25, 0.3) is 6.08 Å². The number of hydrogen-bond donors (Lipinski definition) is 1. The van der Waals surface area contributed by atoms with Gasteiger partial charge in [0, 0.05) is 12.1 Å². The summed E-state index contributed by atoms with van der Waals surface area (Å²) < 4.78 is 12.8. The van der Waals surface area contributed by atoms with Gasteiger partial charge in [0.05, 0.1) is 5.02 Å². The molecular weight excluding hydrogens is 229 g/mol. The molecule has 4 heteroatoms. The predicted octanol–water partition coefficient (Wildman–Crippen LogP) is 3.02. The van der Waals surface area contributed by atoms with Gasteiger partial charge in [-0.15, -0.1) is 0 Å². The molecule has 0 aliphatic carbocycles. The van der Waals surface area contributed by atoms with Crippen molar-refractivity contribution in [3.8, 4) is 0 Å². The van der Waals surface area contributed by atoms with Gasteiger partial charge in [0.1, 0.15) is 5.82 Å². The first-order valence-electron chi connectivity index (χ1n) is 4.92. The third-order valence-electron chi connectivity index (χ3n) is 1.80. The van der Waals surface area contributed by atoms with Crippen molar-refractivity contribution in [3.05, 3.63) is 40.7 Å². The quantitative estimate of drug-likeness (QED) is 0.810. The van der Waals surface area contributed by atoms with E-state index in [9.17, 15) is 9.18 Å². The minimum Gasteiger partial charge on any atom is -0.350 e. The molecule has 0 atom stereocenters. The first-order chi connectivity index (χ1) is 7.49. The number of carbonyl (C=O) groups excluding carboxylic acids is 1. The van der Waals surface area contributed by atoms with Gasteiger partial charge < -0.3 is 5.32 Å². The van der Waals surface area contributed by atoms with Gasteiger partial charge in [-0.2, -0.15) is 0 Å². The summed E-state index contributed by atoms with van der Waals surface area (Å²) in [6, 6.07) is 4.38. The van der Waals surface area contributed by atoms with E-state index in [4.69, 9.17) is 11.6 Å². The maximum absolute atomic E-state index is 12.8. The van der Waals surface area contributed by atoms with E-state index in [-0.39, 0.29) is 17.0 Å². The highest BCUT2D eigenvalue weighted by Gasteiger charge is 2.00. The third-order valence-corrected chi connectivity index (χ3v) is 2.09. The third kappa shape index (κ3) is 4.03. The largest absolute Gasteiger partial charge is 0.350 e. The van der Waals surface area contributed by atoms with E-state index in [1.54, 1.807) is 12.1 Å². The SMILES string of the molecule is CC(C)NC(=O)/C=C\c1ccc(F)c(Cl)c1. The number of carbonyl (C=O) groups is 1. The van der Waals surface area contributed by atoms with E-state index in [1.807, 2.05) is 13.8 Å². The van der Waals surface area contributed by atoms with Crippen LogP contribution in [0.5, 0.6) is 0 Å². The number of benzene rings is 1. The summed E-state index contributed by atoms with van der Waals surface area (Å²) in [5.74, 6) is -0.652. The van der Waals surface area contributed by atoms with Crippen LogP contribution in [0.3, 0.4) is 0 Å². The maximum Gasteiger partial charge on any atom is 0.244 e. The van der Waals surface area contributed by atoms with Crippen LogP contribution in [0.2, 0.25) is 5.02 Å². The summed E-state index contributed by atoms with van der Waals surface area (Å²) in [6.45, 7) is 3.75. The molecule has 0 saturated heterocycles. The Labute approximate surface area is 99.1 Å². The van der Waals surface area contributed by atoms with Crippen LogP contribution in [0, 0.1) is 5.82 Å². The maximum atomic E-state index is 12.8. The molecule has 0 saturated carbocycles. The lowest BCUT2D eigenvalue weighted by molar-refractivity contribution is -0.116. The molecular formula is C12H13ClFNO. The Morgan fingerprint density at radius 3 is 2.75 bits per heavy atom. The fourth-order valence-electron chi connectivity index (χ4n) is 1.12. The second kappa shape index (κ2) is 5.66. The van der Waals surface area contributed by atoms with Crippen molar-refractivity contribution in [2.45, 2.75) is 19.9 Å². The summed E-state index contributed by atoms with van der Waals surface area (Å²) in [5.41, 5.74) is 0.685. The lowest BCUT2D eigenvalue weighted by Gasteiger charge is -2.04. The van der Waals surface area contributed by atoms with Crippen LogP contribution in [-0.4, -0.2) is 11.9 Å². The van der Waals surface area contributed by atoms with Gasteiger partial charge in [-0.1, -0.05) is 17.7 Å². The molecule has 0 aliphatic heterocycles. The number of hydrogen-bond acceptors (Lipinski definition) is 1. The van der Waals surface area contributed by atoms with Gasteiger partial charge >= 0.3 is 0 Å². The highest BCUT2D eigenvalue weighted by molar-refractivity contribution is 6.30. The Morgan fingerprint density at radius 2 is 2.19 bits per heavy atom. The zero-order chi connectivity index (χ0) is 12.1. The van der Waals surface area contributed by atoms with Crippen molar-refractivity contribution in [1.82, 2.24) is 5.32 Å². The summed E-state index contributed by atoms with van der Waals surface area (Å²) in [7, 11) is 0. The van der Waals surface area contributed by atoms with Crippen molar-refractivity contribution in [2.75, 3.05) is 0 Å². The molecule has 1 N–H and O–H groups in total. The van der Waals surface area contributed by atoms with E-state index in [0.29, 0.717) is 5.56 Å². The van der Waals surface area contributed by atoms with Crippen LogP contribution in [-0.2, 0) is 4.79 Å². The average molecular weight is 242 g/mol. The Hall–Kier alpha value is -1.35. The number of amides is 1. The first-order valence-corrected chi connectivity index (χ1v) is 5.30. The van der Waals surface area contributed by atoms with Crippen LogP contribution in [0.1, 0.15) is 19.4 Å². The minimum absolute atomic E-state index is 0.0476. The Bertz CT molecular complexity index is 415. The van der Waals surface area contributed by atoms with Crippen LogP contribution in [0.15, 0.2) is 24.3 Å². The highest BCUT2D eigenvalue weighted by Crippen LogP contribution is 2.16. The van der Waals surface area contributed by atoms with E-state index < -0.39 is 5.82 Å². The van der Waals surface area contributed by atoms with E-state index in [1.165, 1.54) is 18.2 Å². The first kappa shape index (κ1) is 12.7. The van der Waals surface area contributed by atoms with Crippen molar-refractivity contribution in [1.29, 1.82) is 0 Å². The monoisotopic (exact) mass is 241 g/mol. The molecule has 0 unspecified atom stereocenters. The van der Waals surface area contributed by atoms with Gasteiger partial charge in [0.25, 0.3) is 0 Å². The van der Waals surface area contributed by atoms with Crippen molar-refractivity contribution in [3.63, 3.8) is 0 Å². The van der Waals surface area contributed by atoms with Crippen molar-refractivity contribution in [2.24, 2.45) is 0 Å². The average Bonchev–Trinajstić information content (AvgIpc) is 2.19. The molecule has 0 bridgehead atoms. The van der Waals surface area contributed by atoms with Gasteiger partial charge in [-0.25, -0.2) is 4.39 Å². The Balaban J connectivity index is 2.69. The molecule has 86 valence electrons. The van der Waals surface area contributed by atoms with Crippen molar-refractivity contribution >= 4 is 23.6 Å². The zero-order valence-corrected chi connectivity index (χ0v) is 9.88. The van der Waals surface area contributed by atoms with Gasteiger partial charge in [-0.3, -0.25) is 4.79 Å². The predicted molar refractivity (Wildman–Crippen MR) is 63.7 cm³/mol. The van der Waals surface area contributed by atoms with Crippen molar-refractivity contribution < 1.29 is 9.18 Å². The Morgan fingerprint density at radius 1 is 1.50 bits per heavy atom. The molecule has 0 fully saturated rings. The fraction of sp³-hybridized carbons (Fsp3) is 0.250. The molecule has 1 aromatic rings. The highest BCUT2D eigenvalue weighted by atomic mass is 35.5. The number of nitrogens with one attached hydrogen (secondary N) is 1. The van der Waals surface area contributed by atoms with E-state index in [2.05, 4.69) is 5.32 Å². The van der Waals surface area contributed by atoms with Crippen LogP contribution >= 0.6 is 11.6 Å². The molecule has 1 rings (SSSR count). The molecule has 0 spiro atoms. The zero-order valence-electron chi connectivity index (χ0n) is 9.13. The molecule has 0 radical (unpaired) electrons. The smallest absolute Gasteiger partial charge is 0.244 e. The lowest BCUT2D eigenvalue weighted by atomic mass is 10.2. The topological polar surface area (TPSA) is 29.1 Å². The standard InChI is InChI=1S/C12H13ClFNO/c1-8(2)15-12(16)6-4-9-3-5-11(14)10(13)7-9/h3-8H,1-2H3,(H,15,16)/b6-4-. The summed E-state index contributed by atoms with van der Waals surface area (Å²) in [4.78, 5) is 11.3. The molecule has 1 aromatic carbocycles. The molecule has 2 nitrogen and oxygen atoms in total. The number of halogens is 2. The van der Waals surface area contributed by atoms with Crippen LogP contribution < -0.4 is 5.32 Å².